The molecule has 0 bridgehead atoms. The zero-order valence-corrected chi connectivity index (χ0v) is 18.3. The molecule has 1 aliphatic heterocycles. The Morgan fingerprint density at radius 2 is 1.91 bits per heavy atom. The van der Waals surface area contributed by atoms with E-state index < -0.39 is 0 Å². The van der Waals surface area contributed by atoms with Crippen molar-refractivity contribution in [2.75, 3.05) is 43.5 Å². The molecule has 3 aromatic rings. The Hall–Kier alpha value is -3.71. The van der Waals surface area contributed by atoms with Crippen LogP contribution in [0, 0.1) is 12.4 Å². The number of halogens is 1. The van der Waals surface area contributed by atoms with Crippen molar-refractivity contribution >= 4 is 23.1 Å². The molecule has 1 fully saturated rings. The van der Waals surface area contributed by atoms with Gasteiger partial charge in [-0.05, 0) is 19.9 Å². The number of hydrogen-bond acceptors (Lipinski definition) is 7. The fourth-order valence-electron chi connectivity index (χ4n) is 3.76. The van der Waals surface area contributed by atoms with Crippen LogP contribution < -0.4 is 15.0 Å². The van der Waals surface area contributed by atoms with Gasteiger partial charge in [0, 0.05) is 50.0 Å². The van der Waals surface area contributed by atoms with E-state index >= 15 is 4.39 Å². The van der Waals surface area contributed by atoms with Crippen LogP contribution in [0.2, 0.25) is 0 Å². The molecule has 1 aromatic carbocycles. The second kappa shape index (κ2) is 9.20. The lowest BCUT2D eigenvalue weighted by Crippen LogP contribution is -2.48. The van der Waals surface area contributed by atoms with Crippen molar-refractivity contribution in [3.63, 3.8) is 0 Å². The molecule has 9 nitrogen and oxygen atoms in total. The lowest BCUT2D eigenvalue weighted by atomic mass is 10.1. The molecule has 32 heavy (non-hydrogen) atoms. The summed E-state index contributed by atoms with van der Waals surface area (Å²) >= 11 is 0. The van der Waals surface area contributed by atoms with Gasteiger partial charge < -0.3 is 19.8 Å². The molecule has 3 heterocycles. The maximum atomic E-state index is 15.2. The lowest BCUT2D eigenvalue weighted by Gasteiger charge is -2.38. The molecule has 1 aliphatic rings. The summed E-state index contributed by atoms with van der Waals surface area (Å²) in [6.07, 6.45) is 2.81. The van der Waals surface area contributed by atoms with E-state index in [1.54, 1.807) is 12.1 Å². The average Bonchev–Trinajstić information content (AvgIpc) is 3.26. The quantitative estimate of drug-likeness (QED) is 0.568. The summed E-state index contributed by atoms with van der Waals surface area (Å²) in [6, 6.07) is 5.59. The molecule has 10 heteroatoms. The van der Waals surface area contributed by atoms with Gasteiger partial charge in [0.25, 0.3) is 5.82 Å². The number of H-pyrrole nitrogens is 1. The highest BCUT2D eigenvalue weighted by molar-refractivity contribution is 5.74. The Morgan fingerprint density at radius 1 is 1.12 bits per heavy atom. The topological polar surface area (TPSA) is 86.6 Å². The second-order valence-corrected chi connectivity index (χ2v) is 7.79. The maximum Gasteiger partial charge on any atom is 0.288 e. The van der Waals surface area contributed by atoms with Gasteiger partial charge in [-0.2, -0.15) is 5.10 Å². The van der Waals surface area contributed by atoms with Crippen LogP contribution in [0.4, 0.5) is 27.5 Å². The minimum Gasteiger partial charge on any atom is -0.496 e. The van der Waals surface area contributed by atoms with Gasteiger partial charge in [-0.25, -0.2) is 9.37 Å². The predicted octanol–water partition coefficient (Wildman–Crippen LogP) is 3.84. The number of aromatic nitrogens is 4. The first-order valence-corrected chi connectivity index (χ1v) is 10.4. The van der Waals surface area contributed by atoms with E-state index in [0.717, 1.165) is 31.9 Å². The second-order valence-electron chi connectivity index (χ2n) is 7.79. The molecule has 0 unspecified atom stereocenters. The van der Waals surface area contributed by atoms with Crippen molar-refractivity contribution in [3.05, 3.63) is 47.8 Å². The third-order valence-corrected chi connectivity index (χ3v) is 5.52. The summed E-state index contributed by atoms with van der Waals surface area (Å²) in [5, 5.41) is 10.0. The maximum absolute atomic E-state index is 15.2. The molecule has 2 N–H and O–H groups in total. The van der Waals surface area contributed by atoms with Crippen molar-refractivity contribution in [2.45, 2.75) is 19.9 Å². The standard InChI is InChI=1S/C22H25FN8O/c1-14(2)30-5-7-31(8-6-30)15-9-16(23)22(18(10-15)32-4)17-11-19(29-28-17)27-21-13-25-20(24-3)12-26-21/h9-14H,5-8H2,1-2,4H3,(H2,26,27,28,29). The molecular formula is C22H25FN8O. The van der Waals surface area contributed by atoms with E-state index in [1.807, 2.05) is 6.07 Å². The number of piperazine rings is 1. The molecule has 0 saturated carbocycles. The molecule has 0 spiro atoms. The van der Waals surface area contributed by atoms with Crippen LogP contribution in [0.3, 0.4) is 0 Å². The smallest absolute Gasteiger partial charge is 0.288 e. The van der Waals surface area contributed by atoms with Crippen molar-refractivity contribution in [2.24, 2.45) is 0 Å². The first-order chi connectivity index (χ1) is 15.5. The fourth-order valence-corrected chi connectivity index (χ4v) is 3.76. The number of aromatic amines is 1. The number of nitrogens with one attached hydrogen (secondary N) is 2. The Morgan fingerprint density at radius 3 is 2.53 bits per heavy atom. The van der Waals surface area contributed by atoms with Gasteiger partial charge in [0.2, 0.25) is 0 Å². The normalized spacial score (nSPS) is 14.4. The highest BCUT2D eigenvalue weighted by Gasteiger charge is 2.23. The van der Waals surface area contributed by atoms with Gasteiger partial charge in [-0.1, -0.05) is 6.57 Å². The number of nitrogens with zero attached hydrogens (tertiary/aromatic N) is 6. The molecular weight excluding hydrogens is 411 g/mol. The molecule has 4 rings (SSSR count). The molecule has 0 aliphatic carbocycles. The van der Waals surface area contributed by atoms with Gasteiger partial charge in [-0.15, -0.1) is 4.98 Å². The van der Waals surface area contributed by atoms with Gasteiger partial charge >= 0.3 is 0 Å². The molecule has 0 radical (unpaired) electrons. The summed E-state index contributed by atoms with van der Waals surface area (Å²) in [5.74, 6) is 1.12. The average molecular weight is 436 g/mol. The first kappa shape index (κ1) is 21.5. The number of ether oxygens (including phenoxy) is 1. The van der Waals surface area contributed by atoms with Crippen LogP contribution in [0.1, 0.15) is 13.8 Å². The van der Waals surface area contributed by atoms with Crippen molar-refractivity contribution in [3.8, 4) is 17.0 Å². The summed E-state index contributed by atoms with van der Waals surface area (Å²) in [6.45, 7) is 14.9. The highest BCUT2D eigenvalue weighted by Crippen LogP contribution is 2.37. The number of anilines is 3. The summed E-state index contributed by atoms with van der Waals surface area (Å²) < 4.78 is 20.8. The zero-order chi connectivity index (χ0) is 22.7. The summed E-state index contributed by atoms with van der Waals surface area (Å²) in [4.78, 5) is 15.9. The van der Waals surface area contributed by atoms with Gasteiger partial charge in [0.1, 0.15) is 11.6 Å². The summed E-state index contributed by atoms with van der Waals surface area (Å²) in [7, 11) is 1.53. The largest absolute Gasteiger partial charge is 0.496 e. The predicted molar refractivity (Wildman–Crippen MR) is 121 cm³/mol. The van der Waals surface area contributed by atoms with E-state index in [4.69, 9.17) is 11.3 Å². The fraction of sp³-hybridized carbons (Fsp3) is 0.364. The molecule has 2 aromatic heterocycles. The Balaban J connectivity index is 1.54. The van der Waals surface area contributed by atoms with Crippen LogP contribution in [0.15, 0.2) is 30.6 Å². The Bertz CT molecular complexity index is 1110. The zero-order valence-electron chi connectivity index (χ0n) is 18.3. The van der Waals surface area contributed by atoms with Crippen LogP contribution in [-0.4, -0.2) is 64.4 Å². The van der Waals surface area contributed by atoms with Crippen LogP contribution in [0.25, 0.3) is 16.1 Å². The SMILES string of the molecule is [C-]#[N+]c1cnc(Nc2cc(-c3c(F)cc(N4CCN(C(C)C)CC4)cc3OC)[nH]n2)cn1. The third kappa shape index (κ3) is 4.48. The lowest BCUT2D eigenvalue weighted by molar-refractivity contribution is 0.209. The van der Waals surface area contributed by atoms with E-state index in [0.29, 0.717) is 34.7 Å². The number of benzene rings is 1. The van der Waals surface area contributed by atoms with Gasteiger partial charge in [0.05, 0.1) is 24.6 Å². The Kier molecular flexibility index (Phi) is 6.18. The van der Waals surface area contributed by atoms with Crippen molar-refractivity contribution in [1.29, 1.82) is 0 Å². The summed E-state index contributed by atoms with van der Waals surface area (Å²) in [5.41, 5.74) is 1.59. The third-order valence-electron chi connectivity index (χ3n) is 5.52. The molecule has 0 atom stereocenters. The van der Waals surface area contributed by atoms with E-state index in [2.05, 4.69) is 54.0 Å². The van der Waals surface area contributed by atoms with Crippen LogP contribution >= 0.6 is 0 Å². The molecule has 0 amide bonds. The first-order valence-electron chi connectivity index (χ1n) is 10.4. The highest BCUT2D eigenvalue weighted by atomic mass is 19.1. The minimum absolute atomic E-state index is 0.204. The minimum atomic E-state index is -0.387. The van der Waals surface area contributed by atoms with E-state index in [-0.39, 0.29) is 11.6 Å². The van der Waals surface area contributed by atoms with Crippen LogP contribution in [-0.2, 0) is 0 Å². The monoisotopic (exact) mass is 436 g/mol. The van der Waals surface area contributed by atoms with E-state index in [1.165, 1.54) is 19.5 Å². The Labute approximate surface area is 186 Å². The number of hydrogen-bond donors (Lipinski definition) is 2. The number of rotatable bonds is 6. The van der Waals surface area contributed by atoms with Crippen molar-refractivity contribution in [1.82, 2.24) is 25.1 Å². The van der Waals surface area contributed by atoms with Gasteiger partial charge in [-0.3, -0.25) is 10.00 Å². The van der Waals surface area contributed by atoms with Gasteiger partial charge in [0.15, 0.2) is 17.8 Å². The number of methoxy groups -OCH3 is 1. The van der Waals surface area contributed by atoms with Crippen LogP contribution in [0.5, 0.6) is 5.75 Å². The van der Waals surface area contributed by atoms with Crippen molar-refractivity contribution < 1.29 is 9.13 Å². The molecule has 166 valence electrons. The molecule has 1 saturated heterocycles. The van der Waals surface area contributed by atoms with E-state index in [9.17, 15) is 0 Å².